The summed E-state index contributed by atoms with van der Waals surface area (Å²) >= 11 is 1.31. The van der Waals surface area contributed by atoms with Crippen molar-refractivity contribution in [1.82, 2.24) is 20.1 Å². The lowest BCUT2D eigenvalue weighted by molar-refractivity contribution is -0.292. The Bertz CT molecular complexity index is 1580. The summed E-state index contributed by atoms with van der Waals surface area (Å²) in [5, 5.41) is 21.9. The molecule has 0 spiro atoms. The lowest BCUT2D eigenvalue weighted by Crippen LogP contribution is -2.37. The summed E-state index contributed by atoms with van der Waals surface area (Å²) in [5.74, 6) is 1.88. The van der Waals surface area contributed by atoms with Crippen molar-refractivity contribution >= 4 is 28.5 Å². The van der Waals surface area contributed by atoms with Crippen molar-refractivity contribution < 1.29 is 29.2 Å². The highest BCUT2D eigenvalue weighted by Gasteiger charge is 2.38. The van der Waals surface area contributed by atoms with E-state index in [1.165, 1.54) is 17.8 Å². The van der Waals surface area contributed by atoms with E-state index in [1.807, 2.05) is 41.8 Å². The van der Waals surface area contributed by atoms with E-state index in [-0.39, 0.29) is 36.2 Å². The van der Waals surface area contributed by atoms with Gasteiger partial charge in [0, 0.05) is 17.2 Å². The Morgan fingerprint density at radius 2 is 1.78 bits per heavy atom. The quantitative estimate of drug-likeness (QED) is 0.145. The molecule has 2 aromatic heterocycles. The van der Waals surface area contributed by atoms with E-state index >= 15 is 0 Å². The van der Waals surface area contributed by atoms with Crippen LogP contribution in [0.3, 0.4) is 0 Å². The fourth-order valence-electron chi connectivity index (χ4n) is 7.34. The molecule has 3 N–H and O–H groups in total. The third kappa shape index (κ3) is 9.70. The molecule has 2 fully saturated rings. The van der Waals surface area contributed by atoms with Crippen LogP contribution in [-0.4, -0.2) is 50.3 Å². The minimum absolute atomic E-state index is 0.0266. The first-order valence-corrected chi connectivity index (χ1v) is 18.5. The molecule has 0 radical (unpaired) electrons. The van der Waals surface area contributed by atoms with Crippen molar-refractivity contribution in [2.45, 2.75) is 122 Å². The monoisotopic (exact) mass is 691 g/mol. The Kier molecular flexibility index (Phi) is 11.4. The topological polar surface area (TPSA) is 137 Å². The van der Waals surface area contributed by atoms with Crippen molar-refractivity contribution in [3.63, 3.8) is 0 Å². The number of rotatable bonds is 10. The van der Waals surface area contributed by atoms with Crippen molar-refractivity contribution in [3.05, 3.63) is 76.3 Å². The van der Waals surface area contributed by atoms with Crippen LogP contribution in [0, 0.1) is 11.8 Å². The number of anilines is 1. The summed E-state index contributed by atoms with van der Waals surface area (Å²) in [6.07, 6.45) is 10.9. The predicted molar refractivity (Wildman–Crippen MR) is 187 cm³/mol. The zero-order valence-electron chi connectivity index (χ0n) is 28.7. The average molecular weight is 692 g/mol. The van der Waals surface area contributed by atoms with Gasteiger partial charge < -0.3 is 14.8 Å². The van der Waals surface area contributed by atoms with Crippen LogP contribution in [-0.2, 0) is 32.9 Å². The van der Waals surface area contributed by atoms with Crippen molar-refractivity contribution in [3.8, 4) is 0 Å². The number of benzene rings is 1. The first kappa shape index (κ1) is 35.1. The van der Waals surface area contributed by atoms with Gasteiger partial charge in [-0.05, 0) is 87.3 Å². The first-order chi connectivity index (χ1) is 23.6. The maximum atomic E-state index is 13.4. The Morgan fingerprint density at radius 3 is 2.51 bits per heavy atom. The van der Waals surface area contributed by atoms with Gasteiger partial charge in [0.2, 0.25) is 0 Å². The fraction of sp³-hybridized carbons (Fsp3) is 0.568. The van der Waals surface area contributed by atoms with Gasteiger partial charge in [0.1, 0.15) is 11.8 Å². The number of nitrogens with one attached hydrogen (secondary N) is 2. The van der Waals surface area contributed by atoms with Crippen LogP contribution in [0.5, 0.6) is 0 Å². The van der Waals surface area contributed by atoms with Crippen LogP contribution in [0.2, 0.25) is 0 Å². The zero-order valence-corrected chi connectivity index (χ0v) is 29.5. The molecule has 1 aromatic carbocycles. The van der Waals surface area contributed by atoms with E-state index in [9.17, 15) is 9.59 Å². The van der Waals surface area contributed by atoms with E-state index in [0.29, 0.717) is 34.9 Å². The molecule has 12 heteroatoms. The number of ether oxygens (including phenoxy) is 2. The molecule has 2 bridgehead atoms. The van der Waals surface area contributed by atoms with Crippen LogP contribution in [0.25, 0.3) is 0 Å². The van der Waals surface area contributed by atoms with Crippen molar-refractivity contribution in [2.24, 2.45) is 11.8 Å². The van der Waals surface area contributed by atoms with Gasteiger partial charge in [-0.15, -0.1) is 11.3 Å². The molecule has 3 aliphatic rings. The molecule has 6 rings (SSSR count). The van der Waals surface area contributed by atoms with Gasteiger partial charge in [0.05, 0.1) is 42.4 Å². The van der Waals surface area contributed by atoms with Gasteiger partial charge in [-0.1, -0.05) is 51.1 Å². The van der Waals surface area contributed by atoms with Crippen LogP contribution in [0.4, 0.5) is 9.93 Å². The van der Waals surface area contributed by atoms with Crippen LogP contribution in [0.1, 0.15) is 112 Å². The minimum Gasteiger partial charge on any atom is -0.495 e. The van der Waals surface area contributed by atoms with Crippen LogP contribution >= 0.6 is 11.3 Å². The highest BCUT2D eigenvalue weighted by Crippen LogP contribution is 2.42. The molecule has 2 heterocycles. The van der Waals surface area contributed by atoms with Crippen LogP contribution < -0.4 is 10.6 Å². The lowest BCUT2D eigenvalue weighted by atomic mass is 9.70. The highest BCUT2D eigenvalue weighted by atomic mass is 32.1. The number of allylic oxidation sites excluding steroid dienone is 2. The Balaban J connectivity index is 0.951. The molecule has 3 aliphatic carbocycles. The Labute approximate surface area is 292 Å². The molecule has 3 atom stereocenters. The number of hydrogen-bond acceptors (Lipinski definition) is 9. The second-order valence-corrected chi connectivity index (χ2v) is 15.7. The number of aromatic nitrogens is 3. The molecule has 11 nitrogen and oxygen atoms in total. The summed E-state index contributed by atoms with van der Waals surface area (Å²) in [5.41, 5.74) is 2.77. The van der Waals surface area contributed by atoms with Gasteiger partial charge in [0.15, 0.2) is 5.13 Å². The van der Waals surface area contributed by atoms with E-state index < -0.39 is 6.09 Å². The number of hydrogen-bond donors (Lipinski definition) is 3. The van der Waals surface area contributed by atoms with Crippen molar-refractivity contribution in [2.75, 3.05) is 5.32 Å². The molecule has 2 saturated carbocycles. The zero-order chi connectivity index (χ0) is 34.4. The second kappa shape index (κ2) is 15.9. The third-order valence-corrected chi connectivity index (χ3v) is 10.6. The molecular weight excluding hydrogens is 643 g/mol. The van der Waals surface area contributed by atoms with E-state index in [2.05, 4.69) is 47.4 Å². The van der Waals surface area contributed by atoms with Crippen molar-refractivity contribution in [1.29, 1.82) is 0 Å². The Hall–Kier alpha value is -3.74. The molecule has 49 heavy (non-hydrogen) atoms. The average Bonchev–Trinajstić information content (AvgIpc) is 3.69. The number of nitrogens with zero attached hydrogens (tertiary/aromatic N) is 3. The highest BCUT2D eigenvalue weighted by molar-refractivity contribution is 7.14. The summed E-state index contributed by atoms with van der Waals surface area (Å²) in [4.78, 5) is 35.2. The SMILES string of the molecule is CC(C)(C)c1cc(C(=O)Nc2nc(CNC(=O)OC3CC/C=C(/OC4CC5CC(CC(OO)C5)C4)CCC3)cs2)n(Cc2ccccc2)n1. The molecule has 3 aromatic rings. The number of alkyl carbamates (subject to hydrolysis) is 1. The van der Waals surface area contributed by atoms with Gasteiger partial charge in [-0.3, -0.25) is 20.1 Å². The van der Waals surface area contributed by atoms with E-state index in [1.54, 1.807) is 4.68 Å². The fourth-order valence-corrected chi connectivity index (χ4v) is 8.04. The summed E-state index contributed by atoms with van der Waals surface area (Å²) < 4.78 is 14.0. The second-order valence-electron chi connectivity index (χ2n) is 14.8. The molecule has 0 saturated heterocycles. The number of carbonyl (C=O) groups is 2. The third-order valence-electron chi connectivity index (χ3n) is 9.74. The molecule has 0 aliphatic heterocycles. The normalized spacial score (nSPS) is 25.3. The number of fused-ring (bicyclic) bond motifs is 2. The predicted octanol–water partition coefficient (Wildman–Crippen LogP) is 7.83. The number of amides is 2. The van der Waals surface area contributed by atoms with Gasteiger partial charge in [0.25, 0.3) is 5.91 Å². The maximum Gasteiger partial charge on any atom is 0.407 e. The van der Waals surface area contributed by atoms with Gasteiger partial charge in [-0.25, -0.2) is 14.7 Å². The molecule has 2 amide bonds. The minimum atomic E-state index is -0.469. The van der Waals surface area contributed by atoms with E-state index in [0.717, 1.165) is 74.8 Å². The Morgan fingerprint density at radius 1 is 1.02 bits per heavy atom. The molecule has 264 valence electrons. The van der Waals surface area contributed by atoms with Crippen LogP contribution in [0.15, 0.2) is 53.6 Å². The molecule has 3 unspecified atom stereocenters. The summed E-state index contributed by atoms with van der Waals surface area (Å²) in [7, 11) is 0. The summed E-state index contributed by atoms with van der Waals surface area (Å²) in [6, 6.07) is 11.8. The first-order valence-electron chi connectivity index (χ1n) is 17.6. The smallest absolute Gasteiger partial charge is 0.407 e. The lowest BCUT2D eigenvalue weighted by Gasteiger charge is -2.41. The van der Waals surface area contributed by atoms with Gasteiger partial charge in [-0.2, -0.15) is 5.10 Å². The van der Waals surface area contributed by atoms with E-state index in [4.69, 9.17) is 19.8 Å². The standard InChI is InChI=1S/C37H49N5O6S/c1-37(2,3)33-20-32(42(41-33)22-24-9-5-4-6-10-24)34(43)40-35-39-27(23-49-35)21-38-36(44)47-29-13-7-11-28(12-8-14-29)46-30-16-25-15-26(17-30)19-31(18-25)48-45/h4-6,9-11,20,23,25-26,29-31,45H,7-8,12-19,21-22H2,1-3H3,(H,38,44)(H,39,40,43)/b28-11+. The summed E-state index contributed by atoms with van der Waals surface area (Å²) in [6.45, 7) is 6.89. The number of thiazole rings is 1. The largest absolute Gasteiger partial charge is 0.495 e. The number of carbonyl (C=O) groups excluding carboxylic acids is 2. The maximum absolute atomic E-state index is 13.4. The molecular formula is C37H49N5O6S. The van der Waals surface area contributed by atoms with Gasteiger partial charge >= 0.3 is 6.09 Å².